The molecule has 1 fully saturated rings. The largest absolute Gasteiger partial charge is 0.317 e. The van der Waals surface area contributed by atoms with Crippen LogP contribution in [0.4, 0.5) is 0 Å². The van der Waals surface area contributed by atoms with Crippen LogP contribution in [0.25, 0.3) is 0 Å². The number of nitrogens with one attached hydrogen (secondary N) is 1. The van der Waals surface area contributed by atoms with Crippen LogP contribution in [0, 0.1) is 18.8 Å². The van der Waals surface area contributed by atoms with Gasteiger partial charge in [-0.1, -0.05) is 6.92 Å². The SMILES string of the molecule is CCNCC1CCC1Cc1cc(C)nn1C. The van der Waals surface area contributed by atoms with Gasteiger partial charge in [-0.15, -0.1) is 0 Å². The molecular weight excluding hydrogens is 198 g/mol. The molecule has 0 aliphatic heterocycles. The zero-order valence-corrected chi connectivity index (χ0v) is 10.7. The summed E-state index contributed by atoms with van der Waals surface area (Å²) in [5, 5.41) is 7.87. The van der Waals surface area contributed by atoms with Crippen LogP contribution < -0.4 is 5.32 Å². The average molecular weight is 221 g/mol. The molecule has 0 radical (unpaired) electrons. The molecule has 1 aliphatic rings. The lowest BCUT2D eigenvalue weighted by Crippen LogP contribution is -2.36. The Morgan fingerprint density at radius 2 is 2.19 bits per heavy atom. The van der Waals surface area contributed by atoms with Crippen molar-refractivity contribution in [2.24, 2.45) is 18.9 Å². The zero-order chi connectivity index (χ0) is 11.5. The Morgan fingerprint density at radius 3 is 2.69 bits per heavy atom. The summed E-state index contributed by atoms with van der Waals surface area (Å²) in [6, 6.07) is 2.22. The molecule has 1 N–H and O–H groups in total. The van der Waals surface area contributed by atoms with E-state index in [1.165, 1.54) is 31.5 Å². The van der Waals surface area contributed by atoms with Crippen molar-refractivity contribution in [2.45, 2.75) is 33.1 Å². The van der Waals surface area contributed by atoms with Gasteiger partial charge in [0.15, 0.2) is 0 Å². The summed E-state index contributed by atoms with van der Waals surface area (Å²) in [7, 11) is 2.06. The lowest BCUT2D eigenvalue weighted by atomic mass is 9.71. The number of aromatic nitrogens is 2. The molecule has 1 aromatic heterocycles. The molecule has 0 aromatic carbocycles. The van der Waals surface area contributed by atoms with Crippen LogP contribution in [0.5, 0.6) is 0 Å². The first-order valence-corrected chi connectivity index (χ1v) is 6.41. The van der Waals surface area contributed by atoms with Gasteiger partial charge in [0.2, 0.25) is 0 Å². The maximum Gasteiger partial charge on any atom is 0.0596 e. The first-order valence-electron chi connectivity index (χ1n) is 6.41. The molecule has 3 nitrogen and oxygen atoms in total. The predicted molar refractivity (Wildman–Crippen MR) is 66.4 cm³/mol. The molecule has 0 spiro atoms. The lowest BCUT2D eigenvalue weighted by molar-refractivity contribution is 0.169. The maximum absolute atomic E-state index is 4.41. The Labute approximate surface area is 98.2 Å². The van der Waals surface area contributed by atoms with E-state index in [-0.39, 0.29) is 0 Å². The minimum absolute atomic E-state index is 0.869. The van der Waals surface area contributed by atoms with E-state index in [4.69, 9.17) is 0 Å². The van der Waals surface area contributed by atoms with E-state index < -0.39 is 0 Å². The predicted octanol–water partition coefficient (Wildman–Crippen LogP) is 1.91. The summed E-state index contributed by atoms with van der Waals surface area (Å²) in [6.07, 6.45) is 3.99. The Morgan fingerprint density at radius 1 is 1.44 bits per heavy atom. The van der Waals surface area contributed by atoms with Gasteiger partial charge in [-0.05, 0) is 57.2 Å². The summed E-state index contributed by atoms with van der Waals surface area (Å²) in [6.45, 7) is 6.53. The van der Waals surface area contributed by atoms with Crippen molar-refractivity contribution in [3.63, 3.8) is 0 Å². The summed E-state index contributed by atoms with van der Waals surface area (Å²) in [5.74, 6) is 1.75. The quantitative estimate of drug-likeness (QED) is 0.823. The average Bonchev–Trinajstić information content (AvgIpc) is 2.53. The number of aryl methyl sites for hydroxylation is 2. The van der Waals surface area contributed by atoms with Crippen LogP contribution in [-0.2, 0) is 13.5 Å². The van der Waals surface area contributed by atoms with Crippen molar-refractivity contribution in [3.05, 3.63) is 17.5 Å². The van der Waals surface area contributed by atoms with E-state index in [9.17, 15) is 0 Å². The molecule has 3 heteroatoms. The molecule has 2 atom stereocenters. The van der Waals surface area contributed by atoms with E-state index in [2.05, 4.69) is 37.4 Å². The van der Waals surface area contributed by atoms with Gasteiger partial charge in [-0.3, -0.25) is 4.68 Å². The van der Waals surface area contributed by atoms with E-state index >= 15 is 0 Å². The first-order chi connectivity index (χ1) is 7.70. The fourth-order valence-electron chi connectivity index (χ4n) is 2.63. The Kier molecular flexibility index (Phi) is 3.64. The Hall–Kier alpha value is -0.830. The maximum atomic E-state index is 4.41. The smallest absolute Gasteiger partial charge is 0.0596 e. The van der Waals surface area contributed by atoms with Crippen molar-refractivity contribution in [1.82, 2.24) is 15.1 Å². The molecule has 1 aliphatic carbocycles. The molecule has 2 rings (SSSR count). The highest BCUT2D eigenvalue weighted by Gasteiger charge is 2.30. The molecule has 0 amide bonds. The third-order valence-corrected chi connectivity index (χ3v) is 3.80. The van der Waals surface area contributed by atoms with Crippen molar-refractivity contribution >= 4 is 0 Å². The van der Waals surface area contributed by atoms with E-state index in [0.717, 1.165) is 24.1 Å². The fraction of sp³-hybridized carbons (Fsp3) is 0.769. The molecule has 16 heavy (non-hydrogen) atoms. The zero-order valence-electron chi connectivity index (χ0n) is 10.7. The van der Waals surface area contributed by atoms with Crippen molar-refractivity contribution in [1.29, 1.82) is 0 Å². The summed E-state index contributed by atoms with van der Waals surface area (Å²) >= 11 is 0. The van der Waals surface area contributed by atoms with Gasteiger partial charge in [-0.25, -0.2) is 0 Å². The van der Waals surface area contributed by atoms with Gasteiger partial charge >= 0.3 is 0 Å². The number of hydrogen-bond acceptors (Lipinski definition) is 2. The highest BCUT2D eigenvalue weighted by molar-refractivity contribution is 5.10. The molecule has 1 aromatic rings. The number of hydrogen-bond donors (Lipinski definition) is 1. The minimum Gasteiger partial charge on any atom is -0.317 e. The minimum atomic E-state index is 0.869. The van der Waals surface area contributed by atoms with Crippen LogP contribution >= 0.6 is 0 Å². The van der Waals surface area contributed by atoms with Gasteiger partial charge in [0.05, 0.1) is 5.69 Å². The third kappa shape index (κ3) is 2.46. The molecule has 1 saturated carbocycles. The third-order valence-electron chi connectivity index (χ3n) is 3.80. The molecule has 90 valence electrons. The Bertz CT molecular complexity index is 343. The molecular formula is C13H23N3. The Balaban J connectivity index is 1.88. The first kappa shape index (κ1) is 11.6. The number of rotatable bonds is 5. The molecule has 1 heterocycles. The van der Waals surface area contributed by atoms with Gasteiger partial charge in [0.25, 0.3) is 0 Å². The van der Waals surface area contributed by atoms with Crippen LogP contribution in [0.15, 0.2) is 6.07 Å². The van der Waals surface area contributed by atoms with Gasteiger partial charge in [-0.2, -0.15) is 5.10 Å². The van der Waals surface area contributed by atoms with Gasteiger partial charge in [0.1, 0.15) is 0 Å². The monoisotopic (exact) mass is 221 g/mol. The molecule has 0 saturated heterocycles. The van der Waals surface area contributed by atoms with E-state index in [1.807, 2.05) is 4.68 Å². The van der Waals surface area contributed by atoms with Crippen LogP contribution in [0.3, 0.4) is 0 Å². The van der Waals surface area contributed by atoms with Crippen LogP contribution in [0.1, 0.15) is 31.2 Å². The lowest BCUT2D eigenvalue weighted by Gasteiger charge is -2.37. The molecule has 2 unspecified atom stereocenters. The van der Waals surface area contributed by atoms with E-state index in [0.29, 0.717) is 0 Å². The summed E-state index contributed by atoms with van der Waals surface area (Å²) < 4.78 is 2.04. The highest BCUT2D eigenvalue weighted by atomic mass is 15.3. The van der Waals surface area contributed by atoms with Gasteiger partial charge < -0.3 is 5.32 Å². The van der Waals surface area contributed by atoms with Crippen molar-refractivity contribution in [3.8, 4) is 0 Å². The number of nitrogens with zero attached hydrogens (tertiary/aromatic N) is 2. The topological polar surface area (TPSA) is 29.9 Å². The normalized spacial score (nSPS) is 24.4. The van der Waals surface area contributed by atoms with E-state index in [1.54, 1.807) is 0 Å². The molecule has 0 bridgehead atoms. The second kappa shape index (κ2) is 5.00. The van der Waals surface area contributed by atoms with Crippen molar-refractivity contribution in [2.75, 3.05) is 13.1 Å². The summed E-state index contributed by atoms with van der Waals surface area (Å²) in [5.41, 5.74) is 2.53. The second-order valence-electron chi connectivity index (χ2n) is 5.01. The fourth-order valence-corrected chi connectivity index (χ4v) is 2.63. The van der Waals surface area contributed by atoms with Crippen LogP contribution in [0.2, 0.25) is 0 Å². The van der Waals surface area contributed by atoms with Crippen molar-refractivity contribution < 1.29 is 0 Å². The summed E-state index contributed by atoms with van der Waals surface area (Å²) in [4.78, 5) is 0. The second-order valence-corrected chi connectivity index (χ2v) is 5.01. The highest BCUT2D eigenvalue weighted by Crippen LogP contribution is 2.36. The van der Waals surface area contributed by atoms with Gasteiger partial charge in [0, 0.05) is 12.7 Å². The van der Waals surface area contributed by atoms with Crippen LogP contribution in [-0.4, -0.2) is 22.9 Å². The standard InChI is InChI=1S/C13H23N3/c1-4-14-9-12-6-5-11(12)8-13-7-10(2)15-16(13)3/h7,11-12,14H,4-6,8-9H2,1-3H3.